The Labute approximate surface area is 136 Å². The topological polar surface area (TPSA) is 72.2 Å². The van der Waals surface area contributed by atoms with Crippen molar-refractivity contribution in [3.05, 3.63) is 66.2 Å². The van der Waals surface area contributed by atoms with Crippen molar-refractivity contribution in [1.82, 2.24) is 0 Å². The van der Waals surface area contributed by atoms with Crippen LogP contribution in [-0.4, -0.2) is 10.8 Å². The summed E-state index contributed by atoms with van der Waals surface area (Å²) in [6, 6.07) is 11.1. The maximum absolute atomic E-state index is 12.1. The molecule has 0 aliphatic heterocycles. The Hall–Kier alpha value is -1.48. The first-order chi connectivity index (χ1) is 9.47. The molecule has 0 aliphatic rings. The lowest BCUT2D eigenvalue weighted by Crippen LogP contribution is -2.12. The molecule has 1 amide bonds. The Balaban J connectivity index is 2.19. The van der Waals surface area contributed by atoms with Gasteiger partial charge in [-0.1, -0.05) is 0 Å². The van der Waals surface area contributed by atoms with E-state index in [-0.39, 0.29) is 11.6 Å². The van der Waals surface area contributed by atoms with Crippen LogP contribution in [-0.2, 0) is 0 Å². The van der Waals surface area contributed by atoms with Gasteiger partial charge in [-0.2, -0.15) is 0 Å². The minimum atomic E-state index is -0.484. The maximum Gasteiger partial charge on any atom is 0.269 e. The highest BCUT2D eigenvalue weighted by atomic mass is 127. The monoisotopic (exact) mass is 446 g/mol. The fourth-order valence-electron chi connectivity index (χ4n) is 1.54. The number of benzene rings is 2. The molecular formula is C13H8BrIN2O3. The number of nitrogens with one attached hydrogen (secondary N) is 1. The number of nitro benzene ring substituents is 1. The molecular weight excluding hydrogens is 439 g/mol. The van der Waals surface area contributed by atoms with E-state index in [2.05, 4.69) is 43.8 Å². The first kappa shape index (κ1) is 14.9. The van der Waals surface area contributed by atoms with Crippen LogP contribution in [0, 0.1) is 13.7 Å². The average molecular weight is 447 g/mol. The third kappa shape index (κ3) is 3.54. The molecule has 7 heteroatoms. The van der Waals surface area contributed by atoms with Gasteiger partial charge in [0.25, 0.3) is 11.6 Å². The minimum absolute atomic E-state index is 0.0153. The van der Waals surface area contributed by atoms with Gasteiger partial charge in [0.2, 0.25) is 0 Å². The van der Waals surface area contributed by atoms with Crippen molar-refractivity contribution in [3.63, 3.8) is 0 Å². The van der Waals surface area contributed by atoms with Gasteiger partial charge in [-0.05, 0) is 68.9 Å². The van der Waals surface area contributed by atoms with Crippen LogP contribution in [0.2, 0.25) is 0 Å². The molecule has 0 aliphatic carbocycles. The standard InChI is InChI=1S/C13H8BrIN2O3/c14-12-6-1-8(15)7-11(12)13(18)16-9-2-4-10(5-3-9)17(19)20/h1-7H,(H,16,18). The number of nitrogens with zero attached hydrogens (tertiary/aromatic N) is 1. The fourth-order valence-corrected chi connectivity index (χ4v) is 2.45. The van der Waals surface area contributed by atoms with Crippen LogP contribution in [0.4, 0.5) is 11.4 Å². The molecule has 5 nitrogen and oxygen atoms in total. The normalized spacial score (nSPS) is 10.1. The SMILES string of the molecule is O=C(Nc1ccc([N+](=O)[O-])cc1)c1cc(I)ccc1Br. The third-order valence-electron chi connectivity index (χ3n) is 2.51. The van der Waals surface area contributed by atoms with E-state index in [4.69, 9.17) is 0 Å². The van der Waals surface area contributed by atoms with Crippen LogP contribution in [0.1, 0.15) is 10.4 Å². The first-order valence-corrected chi connectivity index (χ1v) is 7.35. The van der Waals surface area contributed by atoms with E-state index in [9.17, 15) is 14.9 Å². The zero-order valence-electron chi connectivity index (χ0n) is 9.97. The van der Waals surface area contributed by atoms with Crippen molar-refractivity contribution in [1.29, 1.82) is 0 Å². The van der Waals surface area contributed by atoms with Gasteiger partial charge in [0.1, 0.15) is 0 Å². The second kappa shape index (κ2) is 6.31. The molecule has 0 atom stereocenters. The molecule has 2 aromatic rings. The number of hydrogen-bond acceptors (Lipinski definition) is 3. The number of halogens is 2. The van der Waals surface area contributed by atoms with Crippen molar-refractivity contribution in [2.24, 2.45) is 0 Å². The predicted octanol–water partition coefficient (Wildman–Crippen LogP) is 4.21. The number of carbonyl (C=O) groups excluding carboxylic acids is 1. The van der Waals surface area contributed by atoms with Crippen LogP contribution < -0.4 is 5.32 Å². The highest BCUT2D eigenvalue weighted by Crippen LogP contribution is 2.21. The highest BCUT2D eigenvalue weighted by molar-refractivity contribution is 14.1. The van der Waals surface area contributed by atoms with Crippen LogP contribution in [0.25, 0.3) is 0 Å². The molecule has 0 saturated heterocycles. The van der Waals surface area contributed by atoms with Crippen molar-refractivity contribution < 1.29 is 9.72 Å². The summed E-state index contributed by atoms with van der Waals surface area (Å²) in [5.41, 5.74) is 1.00. The van der Waals surface area contributed by atoms with Gasteiger partial charge >= 0.3 is 0 Å². The molecule has 0 fully saturated rings. The Bertz CT molecular complexity index is 674. The largest absolute Gasteiger partial charge is 0.322 e. The maximum atomic E-state index is 12.1. The van der Waals surface area contributed by atoms with E-state index in [0.29, 0.717) is 15.7 Å². The number of carbonyl (C=O) groups is 1. The molecule has 0 unspecified atom stereocenters. The third-order valence-corrected chi connectivity index (χ3v) is 3.87. The molecule has 2 aromatic carbocycles. The molecule has 0 bridgehead atoms. The molecule has 0 radical (unpaired) electrons. The number of amides is 1. The highest BCUT2D eigenvalue weighted by Gasteiger charge is 2.11. The van der Waals surface area contributed by atoms with Gasteiger partial charge in [-0.15, -0.1) is 0 Å². The Morgan fingerprint density at radius 2 is 1.85 bits per heavy atom. The van der Waals surface area contributed by atoms with Gasteiger partial charge in [0.15, 0.2) is 0 Å². The zero-order chi connectivity index (χ0) is 14.7. The molecule has 0 heterocycles. The lowest BCUT2D eigenvalue weighted by atomic mass is 10.2. The van der Waals surface area contributed by atoms with Gasteiger partial charge in [0, 0.05) is 25.9 Å². The van der Waals surface area contributed by atoms with Gasteiger partial charge in [-0.3, -0.25) is 14.9 Å². The van der Waals surface area contributed by atoms with E-state index in [0.717, 1.165) is 3.57 Å². The predicted molar refractivity (Wildman–Crippen MR) is 87.9 cm³/mol. The smallest absolute Gasteiger partial charge is 0.269 e. The van der Waals surface area contributed by atoms with Gasteiger partial charge < -0.3 is 5.32 Å². The van der Waals surface area contributed by atoms with Crippen LogP contribution in [0.5, 0.6) is 0 Å². The lowest BCUT2D eigenvalue weighted by Gasteiger charge is -2.07. The van der Waals surface area contributed by atoms with Crippen molar-refractivity contribution in [2.75, 3.05) is 5.32 Å². The Morgan fingerprint density at radius 1 is 1.20 bits per heavy atom. The molecule has 0 saturated carbocycles. The molecule has 20 heavy (non-hydrogen) atoms. The lowest BCUT2D eigenvalue weighted by molar-refractivity contribution is -0.384. The quantitative estimate of drug-likeness (QED) is 0.436. The number of rotatable bonds is 3. The van der Waals surface area contributed by atoms with Crippen LogP contribution in [0.3, 0.4) is 0 Å². The number of anilines is 1. The van der Waals surface area contributed by atoms with Gasteiger partial charge in [-0.25, -0.2) is 0 Å². The van der Waals surface area contributed by atoms with E-state index < -0.39 is 4.92 Å². The summed E-state index contributed by atoms with van der Waals surface area (Å²) in [6.07, 6.45) is 0. The van der Waals surface area contributed by atoms with E-state index in [1.165, 1.54) is 24.3 Å². The number of non-ortho nitro benzene ring substituents is 1. The first-order valence-electron chi connectivity index (χ1n) is 5.48. The van der Waals surface area contributed by atoms with Crippen LogP contribution in [0.15, 0.2) is 46.9 Å². The fraction of sp³-hybridized carbons (Fsp3) is 0. The van der Waals surface area contributed by atoms with E-state index >= 15 is 0 Å². The summed E-state index contributed by atoms with van der Waals surface area (Å²) in [5.74, 6) is -0.274. The average Bonchev–Trinajstić information content (AvgIpc) is 2.42. The molecule has 2 rings (SSSR count). The summed E-state index contributed by atoms with van der Waals surface area (Å²) in [7, 11) is 0. The molecule has 0 aromatic heterocycles. The van der Waals surface area contributed by atoms with Crippen molar-refractivity contribution in [3.8, 4) is 0 Å². The Morgan fingerprint density at radius 3 is 2.45 bits per heavy atom. The zero-order valence-corrected chi connectivity index (χ0v) is 13.7. The van der Waals surface area contributed by atoms with Crippen molar-refractivity contribution in [2.45, 2.75) is 0 Å². The molecule has 102 valence electrons. The molecule has 1 N–H and O–H groups in total. The number of nitro groups is 1. The second-order valence-electron chi connectivity index (χ2n) is 3.88. The minimum Gasteiger partial charge on any atom is -0.322 e. The van der Waals surface area contributed by atoms with Crippen molar-refractivity contribution >= 4 is 55.8 Å². The van der Waals surface area contributed by atoms with Crippen LogP contribution >= 0.6 is 38.5 Å². The number of hydrogen-bond donors (Lipinski definition) is 1. The summed E-state index contributed by atoms with van der Waals surface area (Å²) < 4.78 is 1.64. The van der Waals surface area contributed by atoms with E-state index in [1.807, 2.05) is 6.07 Å². The second-order valence-corrected chi connectivity index (χ2v) is 5.98. The molecule has 0 spiro atoms. The summed E-state index contributed by atoms with van der Waals surface area (Å²) in [5, 5.41) is 13.2. The summed E-state index contributed by atoms with van der Waals surface area (Å²) in [4.78, 5) is 22.2. The van der Waals surface area contributed by atoms with E-state index in [1.54, 1.807) is 12.1 Å². The van der Waals surface area contributed by atoms with Gasteiger partial charge in [0.05, 0.1) is 10.5 Å². The Kier molecular flexibility index (Phi) is 4.71. The summed E-state index contributed by atoms with van der Waals surface area (Å²) in [6.45, 7) is 0. The summed E-state index contributed by atoms with van der Waals surface area (Å²) >= 11 is 5.44.